The number of aromatic nitrogens is 2. The van der Waals surface area contributed by atoms with Gasteiger partial charge in [-0.1, -0.05) is 19.3 Å². The quantitative estimate of drug-likeness (QED) is 0.675. The number of rotatable bonds is 7. The lowest BCUT2D eigenvalue weighted by atomic mass is 10.1. The Balaban J connectivity index is 1.99. The Morgan fingerprint density at radius 2 is 1.79 bits per heavy atom. The maximum atomic E-state index is 8.58. The zero-order valence-corrected chi connectivity index (χ0v) is 8.52. The van der Waals surface area contributed by atoms with Gasteiger partial charge in [0.1, 0.15) is 0 Å². The monoisotopic (exact) mass is 194 g/mol. The van der Waals surface area contributed by atoms with Crippen molar-refractivity contribution in [3.05, 3.63) is 24.3 Å². The Morgan fingerprint density at radius 3 is 2.50 bits per heavy atom. The first kappa shape index (κ1) is 11.1. The minimum Gasteiger partial charge on any atom is -0.396 e. The van der Waals surface area contributed by atoms with Gasteiger partial charge in [0.15, 0.2) is 0 Å². The highest BCUT2D eigenvalue weighted by Crippen LogP contribution is 2.05. The Labute approximate surface area is 85.2 Å². The molecule has 0 aliphatic heterocycles. The summed E-state index contributed by atoms with van der Waals surface area (Å²) in [4.78, 5) is 8.23. The number of unbranched alkanes of at least 4 members (excludes halogenated alkanes) is 4. The van der Waals surface area contributed by atoms with Crippen LogP contribution in [-0.2, 0) is 6.42 Å². The molecule has 1 rings (SSSR count). The average Bonchev–Trinajstić information content (AvgIpc) is 2.25. The molecule has 0 unspecified atom stereocenters. The molecule has 1 aromatic heterocycles. The van der Waals surface area contributed by atoms with Crippen molar-refractivity contribution in [1.29, 1.82) is 0 Å². The molecule has 3 heteroatoms. The molecule has 1 heterocycles. The van der Waals surface area contributed by atoms with Gasteiger partial charge < -0.3 is 5.11 Å². The SMILES string of the molecule is OCCCCCCCc1cnccn1. The van der Waals surface area contributed by atoms with Crippen LogP contribution in [0.2, 0.25) is 0 Å². The van der Waals surface area contributed by atoms with Crippen molar-refractivity contribution in [3.8, 4) is 0 Å². The number of aliphatic hydroxyl groups excluding tert-OH is 1. The van der Waals surface area contributed by atoms with Crippen LogP contribution in [0.25, 0.3) is 0 Å². The van der Waals surface area contributed by atoms with Crippen LogP contribution in [0.3, 0.4) is 0 Å². The van der Waals surface area contributed by atoms with E-state index in [2.05, 4.69) is 9.97 Å². The van der Waals surface area contributed by atoms with E-state index in [4.69, 9.17) is 5.11 Å². The van der Waals surface area contributed by atoms with E-state index in [1.165, 1.54) is 19.3 Å². The van der Waals surface area contributed by atoms with Crippen LogP contribution in [0.15, 0.2) is 18.6 Å². The predicted octanol–water partition coefficient (Wildman–Crippen LogP) is 1.96. The van der Waals surface area contributed by atoms with Crippen molar-refractivity contribution >= 4 is 0 Å². The molecular formula is C11H18N2O. The normalized spacial score (nSPS) is 10.4. The van der Waals surface area contributed by atoms with Gasteiger partial charge in [-0.2, -0.15) is 0 Å². The summed E-state index contributed by atoms with van der Waals surface area (Å²) in [5, 5.41) is 8.58. The third-order valence-electron chi connectivity index (χ3n) is 2.21. The third-order valence-corrected chi connectivity index (χ3v) is 2.21. The van der Waals surface area contributed by atoms with Crippen LogP contribution in [0, 0.1) is 0 Å². The van der Waals surface area contributed by atoms with Crippen LogP contribution >= 0.6 is 0 Å². The first-order valence-corrected chi connectivity index (χ1v) is 5.29. The molecule has 0 aliphatic rings. The summed E-state index contributed by atoms with van der Waals surface area (Å²) in [5.41, 5.74) is 1.08. The van der Waals surface area contributed by atoms with E-state index in [0.29, 0.717) is 6.61 Å². The van der Waals surface area contributed by atoms with Crippen LogP contribution in [-0.4, -0.2) is 21.7 Å². The lowest BCUT2D eigenvalue weighted by molar-refractivity contribution is 0.282. The Morgan fingerprint density at radius 1 is 1.00 bits per heavy atom. The molecule has 0 amide bonds. The third kappa shape index (κ3) is 4.92. The summed E-state index contributed by atoms with van der Waals surface area (Å²) >= 11 is 0. The van der Waals surface area contributed by atoms with Crippen molar-refractivity contribution in [2.24, 2.45) is 0 Å². The molecule has 0 atom stereocenters. The van der Waals surface area contributed by atoms with Gasteiger partial charge in [-0.3, -0.25) is 9.97 Å². The van der Waals surface area contributed by atoms with Crippen LogP contribution in [0.4, 0.5) is 0 Å². The summed E-state index contributed by atoms with van der Waals surface area (Å²) in [6.45, 7) is 0.324. The first-order valence-electron chi connectivity index (χ1n) is 5.29. The summed E-state index contributed by atoms with van der Waals surface area (Å²) in [5.74, 6) is 0. The van der Waals surface area contributed by atoms with Gasteiger partial charge in [0.2, 0.25) is 0 Å². The maximum absolute atomic E-state index is 8.58. The fraction of sp³-hybridized carbons (Fsp3) is 0.636. The molecule has 1 N–H and O–H groups in total. The second kappa shape index (κ2) is 7.44. The summed E-state index contributed by atoms with van der Waals surface area (Å²) in [6.07, 6.45) is 12.0. The van der Waals surface area contributed by atoms with Crippen molar-refractivity contribution in [2.45, 2.75) is 38.5 Å². The molecule has 0 spiro atoms. The van der Waals surface area contributed by atoms with Crippen LogP contribution in [0.1, 0.15) is 37.8 Å². The largest absolute Gasteiger partial charge is 0.396 e. The van der Waals surface area contributed by atoms with Crippen molar-refractivity contribution in [3.63, 3.8) is 0 Å². The van der Waals surface area contributed by atoms with Gasteiger partial charge in [0.05, 0.1) is 5.69 Å². The smallest absolute Gasteiger partial charge is 0.0586 e. The Hall–Kier alpha value is -0.960. The molecule has 0 aromatic carbocycles. The first-order chi connectivity index (χ1) is 6.93. The van der Waals surface area contributed by atoms with E-state index >= 15 is 0 Å². The van der Waals surface area contributed by atoms with Crippen molar-refractivity contribution in [1.82, 2.24) is 9.97 Å². The van der Waals surface area contributed by atoms with Gasteiger partial charge in [-0.25, -0.2) is 0 Å². The van der Waals surface area contributed by atoms with Gasteiger partial charge >= 0.3 is 0 Å². The molecule has 0 fully saturated rings. The second-order valence-electron chi connectivity index (χ2n) is 3.44. The minimum atomic E-state index is 0.324. The van der Waals surface area contributed by atoms with E-state index in [1.54, 1.807) is 12.4 Å². The van der Waals surface area contributed by atoms with Gasteiger partial charge in [0, 0.05) is 25.2 Å². The standard InChI is InChI=1S/C11H18N2O/c14-9-5-3-1-2-4-6-11-10-12-7-8-13-11/h7-8,10,14H,1-6,9H2. The molecule has 0 saturated carbocycles. The summed E-state index contributed by atoms with van der Waals surface area (Å²) in [6, 6.07) is 0. The lowest BCUT2D eigenvalue weighted by Crippen LogP contribution is -1.91. The number of hydrogen-bond donors (Lipinski definition) is 1. The number of hydrogen-bond acceptors (Lipinski definition) is 3. The fourth-order valence-electron chi connectivity index (χ4n) is 1.41. The number of aryl methyl sites for hydroxylation is 1. The van der Waals surface area contributed by atoms with Gasteiger partial charge in [0.25, 0.3) is 0 Å². The van der Waals surface area contributed by atoms with Gasteiger partial charge in [-0.15, -0.1) is 0 Å². The highest BCUT2D eigenvalue weighted by atomic mass is 16.2. The van der Waals surface area contributed by atoms with E-state index in [-0.39, 0.29) is 0 Å². The molecule has 0 aliphatic carbocycles. The van der Waals surface area contributed by atoms with E-state index < -0.39 is 0 Å². The molecular weight excluding hydrogens is 176 g/mol. The highest BCUT2D eigenvalue weighted by Gasteiger charge is 1.94. The average molecular weight is 194 g/mol. The van der Waals surface area contributed by atoms with Crippen LogP contribution < -0.4 is 0 Å². The zero-order valence-electron chi connectivity index (χ0n) is 8.52. The molecule has 0 radical (unpaired) electrons. The van der Waals surface area contributed by atoms with Crippen molar-refractivity contribution < 1.29 is 5.11 Å². The molecule has 78 valence electrons. The maximum Gasteiger partial charge on any atom is 0.0586 e. The van der Waals surface area contributed by atoms with E-state index in [1.807, 2.05) is 6.20 Å². The van der Waals surface area contributed by atoms with Crippen LogP contribution in [0.5, 0.6) is 0 Å². The molecule has 0 bridgehead atoms. The Kier molecular flexibility index (Phi) is 5.91. The molecule has 1 aromatic rings. The number of nitrogens with zero attached hydrogens (tertiary/aromatic N) is 2. The van der Waals surface area contributed by atoms with Crippen molar-refractivity contribution in [2.75, 3.05) is 6.61 Å². The van der Waals surface area contributed by atoms with E-state index in [9.17, 15) is 0 Å². The van der Waals surface area contributed by atoms with E-state index in [0.717, 1.165) is 25.0 Å². The fourth-order valence-corrected chi connectivity index (χ4v) is 1.41. The second-order valence-corrected chi connectivity index (χ2v) is 3.44. The lowest BCUT2D eigenvalue weighted by Gasteiger charge is -1.99. The zero-order chi connectivity index (χ0) is 10.1. The topological polar surface area (TPSA) is 46.0 Å². The minimum absolute atomic E-state index is 0.324. The molecule has 14 heavy (non-hydrogen) atoms. The number of aliphatic hydroxyl groups is 1. The summed E-state index contributed by atoms with van der Waals surface area (Å²) < 4.78 is 0. The Bertz CT molecular complexity index is 226. The predicted molar refractivity (Wildman–Crippen MR) is 55.9 cm³/mol. The summed E-state index contributed by atoms with van der Waals surface area (Å²) in [7, 11) is 0. The molecule has 0 saturated heterocycles. The molecule has 3 nitrogen and oxygen atoms in total. The highest BCUT2D eigenvalue weighted by molar-refractivity contribution is 4.94. The van der Waals surface area contributed by atoms with Gasteiger partial charge in [-0.05, 0) is 19.3 Å².